The SMILES string of the molecule is COC[C@@H]1CC2(CCN(C(=O)c3cnoc3)CC2)CN1c1ncccn1. The zero-order valence-corrected chi connectivity index (χ0v) is 14.9. The molecular formula is C18H23N5O3. The topological polar surface area (TPSA) is 84.6 Å². The van der Waals surface area contributed by atoms with Gasteiger partial charge in [-0.25, -0.2) is 9.97 Å². The number of rotatable bonds is 4. The Morgan fingerprint density at radius 3 is 2.77 bits per heavy atom. The lowest BCUT2D eigenvalue weighted by molar-refractivity contribution is 0.0598. The van der Waals surface area contributed by atoms with Gasteiger partial charge in [0, 0.05) is 39.1 Å². The fraction of sp³-hybridized carbons (Fsp3) is 0.556. The van der Waals surface area contributed by atoms with Crippen LogP contribution in [0.15, 0.2) is 35.4 Å². The number of carbonyl (C=O) groups is 1. The maximum atomic E-state index is 12.5. The van der Waals surface area contributed by atoms with Crippen LogP contribution in [0, 0.1) is 5.41 Å². The number of anilines is 1. The largest absolute Gasteiger partial charge is 0.383 e. The smallest absolute Gasteiger partial charge is 0.258 e. The minimum absolute atomic E-state index is 0.00390. The van der Waals surface area contributed by atoms with E-state index < -0.39 is 0 Å². The molecular weight excluding hydrogens is 334 g/mol. The maximum Gasteiger partial charge on any atom is 0.258 e. The van der Waals surface area contributed by atoms with Crippen LogP contribution in [0.3, 0.4) is 0 Å². The lowest BCUT2D eigenvalue weighted by Gasteiger charge is -2.39. The second kappa shape index (κ2) is 7.03. The van der Waals surface area contributed by atoms with Crippen LogP contribution in [0.2, 0.25) is 0 Å². The molecule has 1 spiro atoms. The number of hydrogen-bond acceptors (Lipinski definition) is 7. The molecule has 0 bridgehead atoms. The van der Waals surface area contributed by atoms with E-state index in [9.17, 15) is 4.79 Å². The van der Waals surface area contributed by atoms with Crippen LogP contribution in [-0.2, 0) is 4.74 Å². The van der Waals surface area contributed by atoms with E-state index in [1.807, 2.05) is 11.0 Å². The highest BCUT2D eigenvalue weighted by Crippen LogP contribution is 2.44. The number of likely N-dealkylation sites (tertiary alicyclic amines) is 1. The summed E-state index contributed by atoms with van der Waals surface area (Å²) in [5.74, 6) is 0.755. The normalized spacial score (nSPS) is 22.1. The molecule has 0 unspecified atom stereocenters. The highest BCUT2D eigenvalue weighted by molar-refractivity contribution is 5.93. The number of nitrogens with zero attached hydrogens (tertiary/aromatic N) is 5. The number of methoxy groups -OCH3 is 1. The molecule has 0 radical (unpaired) electrons. The Balaban J connectivity index is 1.46. The summed E-state index contributed by atoms with van der Waals surface area (Å²) in [5, 5.41) is 3.63. The van der Waals surface area contributed by atoms with Gasteiger partial charge in [-0.3, -0.25) is 4.79 Å². The Kier molecular flexibility index (Phi) is 4.58. The van der Waals surface area contributed by atoms with Crippen molar-refractivity contribution in [2.45, 2.75) is 25.3 Å². The van der Waals surface area contributed by atoms with E-state index in [2.05, 4.69) is 20.0 Å². The van der Waals surface area contributed by atoms with Gasteiger partial charge >= 0.3 is 0 Å². The number of amides is 1. The summed E-state index contributed by atoms with van der Waals surface area (Å²) in [7, 11) is 1.73. The van der Waals surface area contributed by atoms with Crippen LogP contribution in [-0.4, -0.2) is 65.3 Å². The molecule has 2 fully saturated rings. The van der Waals surface area contributed by atoms with Gasteiger partial charge in [0.15, 0.2) is 0 Å². The van der Waals surface area contributed by atoms with Crippen LogP contribution in [0.4, 0.5) is 5.95 Å². The fourth-order valence-electron chi connectivity index (χ4n) is 4.22. The van der Waals surface area contributed by atoms with Crippen LogP contribution in [0.25, 0.3) is 0 Å². The monoisotopic (exact) mass is 357 g/mol. The van der Waals surface area contributed by atoms with E-state index in [1.54, 1.807) is 19.5 Å². The Bertz CT molecular complexity index is 729. The molecule has 8 nitrogen and oxygen atoms in total. The van der Waals surface area contributed by atoms with Gasteiger partial charge in [0.2, 0.25) is 5.95 Å². The summed E-state index contributed by atoms with van der Waals surface area (Å²) in [5.41, 5.74) is 0.692. The standard InChI is InChI=1S/C18H23N5O3/c1-25-12-15-9-18(13-23(15)17-19-5-2-6-20-17)3-7-22(8-4-18)16(24)14-10-21-26-11-14/h2,5-6,10-11,15H,3-4,7-9,12-13H2,1H3/t15-/m0/s1. The van der Waals surface area contributed by atoms with Crippen molar-refractivity contribution in [1.29, 1.82) is 0 Å². The average molecular weight is 357 g/mol. The molecule has 1 atom stereocenters. The summed E-state index contributed by atoms with van der Waals surface area (Å²) in [6.07, 6.45) is 9.40. The second-order valence-corrected chi connectivity index (χ2v) is 7.20. The predicted octanol–water partition coefficient (Wildman–Crippen LogP) is 1.61. The number of piperidine rings is 1. The van der Waals surface area contributed by atoms with Crippen LogP contribution in [0.5, 0.6) is 0 Å². The van der Waals surface area contributed by atoms with Gasteiger partial charge in [0.1, 0.15) is 6.26 Å². The summed E-state index contributed by atoms with van der Waals surface area (Å²) >= 11 is 0. The zero-order valence-electron chi connectivity index (χ0n) is 14.9. The summed E-state index contributed by atoms with van der Waals surface area (Å²) in [6, 6.07) is 2.10. The first-order valence-corrected chi connectivity index (χ1v) is 8.92. The van der Waals surface area contributed by atoms with Crippen molar-refractivity contribution < 1.29 is 14.1 Å². The first-order chi connectivity index (χ1) is 12.7. The Morgan fingerprint density at radius 1 is 1.35 bits per heavy atom. The van der Waals surface area contributed by atoms with Crippen molar-refractivity contribution in [3.05, 3.63) is 36.5 Å². The molecule has 0 N–H and O–H groups in total. The van der Waals surface area contributed by atoms with Crippen LogP contribution < -0.4 is 4.90 Å². The predicted molar refractivity (Wildman–Crippen MR) is 93.7 cm³/mol. The molecule has 2 saturated heterocycles. The first kappa shape index (κ1) is 17.0. The first-order valence-electron chi connectivity index (χ1n) is 8.92. The van der Waals surface area contributed by atoms with Gasteiger partial charge in [-0.2, -0.15) is 0 Å². The molecule has 0 saturated carbocycles. The Morgan fingerprint density at radius 2 is 2.12 bits per heavy atom. The molecule has 8 heteroatoms. The van der Waals surface area contributed by atoms with Gasteiger partial charge in [-0.05, 0) is 30.7 Å². The lowest BCUT2D eigenvalue weighted by Crippen LogP contribution is -2.44. The van der Waals surface area contributed by atoms with E-state index in [4.69, 9.17) is 9.26 Å². The van der Waals surface area contributed by atoms with Crippen molar-refractivity contribution in [2.24, 2.45) is 5.41 Å². The van der Waals surface area contributed by atoms with Crippen molar-refractivity contribution in [3.63, 3.8) is 0 Å². The lowest BCUT2D eigenvalue weighted by atomic mass is 9.76. The van der Waals surface area contributed by atoms with E-state index in [-0.39, 0.29) is 17.4 Å². The molecule has 138 valence electrons. The summed E-state index contributed by atoms with van der Waals surface area (Å²) in [6.45, 7) is 3.05. The fourth-order valence-corrected chi connectivity index (χ4v) is 4.22. The van der Waals surface area contributed by atoms with Crippen molar-refractivity contribution >= 4 is 11.9 Å². The van der Waals surface area contributed by atoms with Crippen molar-refractivity contribution in [2.75, 3.05) is 38.3 Å². The second-order valence-electron chi connectivity index (χ2n) is 7.20. The molecule has 4 heterocycles. The third-order valence-corrected chi connectivity index (χ3v) is 5.57. The number of ether oxygens (including phenoxy) is 1. The molecule has 2 aromatic rings. The maximum absolute atomic E-state index is 12.5. The molecule has 2 aliphatic heterocycles. The molecule has 2 aliphatic rings. The highest BCUT2D eigenvalue weighted by Gasteiger charge is 2.46. The van der Waals surface area contributed by atoms with E-state index in [0.717, 1.165) is 44.8 Å². The Labute approximate surface area is 152 Å². The molecule has 4 rings (SSSR count). The highest BCUT2D eigenvalue weighted by atomic mass is 16.5. The van der Waals surface area contributed by atoms with Crippen molar-refractivity contribution in [3.8, 4) is 0 Å². The minimum Gasteiger partial charge on any atom is -0.383 e. The summed E-state index contributed by atoms with van der Waals surface area (Å²) < 4.78 is 10.2. The van der Waals surface area contributed by atoms with Gasteiger partial charge in [-0.1, -0.05) is 5.16 Å². The third-order valence-electron chi connectivity index (χ3n) is 5.57. The molecule has 0 aliphatic carbocycles. The average Bonchev–Trinajstić information content (AvgIpc) is 3.32. The summed E-state index contributed by atoms with van der Waals surface area (Å²) in [4.78, 5) is 25.5. The molecule has 0 aromatic carbocycles. The van der Waals surface area contributed by atoms with Crippen LogP contribution in [0.1, 0.15) is 29.6 Å². The van der Waals surface area contributed by atoms with Crippen molar-refractivity contribution in [1.82, 2.24) is 20.0 Å². The van der Waals surface area contributed by atoms with Gasteiger partial charge in [0.05, 0.1) is 24.4 Å². The van der Waals surface area contributed by atoms with Gasteiger partial charge in [0.25, 0.3) is 5.91 Å². The Hall–Kier alpha value is -2.48. The van der Waals surface area contributed by atoms with E-state index in [1.165, 1.54) is 12.5 Å². The number of carbonyl (C=O) groups excluding carboxylic acids is 1. The number of hydrogen-bond donors (Lipinski definition) is 0. The molecule has 26 heavy (non-hydrogen) atoms. The number of aromatic nitrogens is 3. The van der Waals surface area contributed by atoms with E-state index in [0.29, 0.717) is 12.2 Å². The zero-order chi connectivity index (χ0) is 18.0. The quantitative estimate of drug-likeness (QED) is 0.822. The van der Waals surface area contributed by atoms with Crippen LogP contribution >= 0.6 is 0 Å². The molecule has 2 aromatic heterocycles. The van der Waals surface area contributed by atoms with Gasteiger partial charge in [-0.15, -0.1) is 0 Å². The third kappa shape index (κ3) is 3.16. The van der Waals surface area contributed by atoms with Gasteiger partial charge < -0.3 is 19.1 Å². The van der Waals surface area contributed by atoms with E-state index >= 15 is 0 Å². The minimum atomic E-state index is -0.00390. The molecule has 1 amide bonds.